The summed E-state index contributed by atoms with van der Waals surface area (Å²) in [4.78, 5) is 0. The van der Waals surface area contributed by atoms with E-state index in [1.54, 1.807) is 6.07 Å². The summed E-state index contributed by atoms with van der Waals surface area (Å²) in [5, 5.41) is 0.492. The first kappa shape index (κ1) is 13.1. The summed E-state index contributed by atoms with van der Waals surface area (Å²) in [6.45, 7) is 4.00. The molecule has 0 fully saturated rings. The van der Waals surface area contributed by atoms with E-state index in [4.69, 9.17) is 17.3 Å². The maximum Gasteiger partial charge on any atom is 0.128 e. The number of nitrogens with two attached hydrogens (primary N) is 1. The van der Waals surface area contributed by atoms with Crippen molar-refractivity contribution in [1.82, 2.24) is 0 Å². The van der Waals surface area contributed by atoms with E-state index >= 15 is 0 Å². The second kappa shape index (κ2) is 5.09. The van der Waals surface area contributed by atoms with Crippen LogP contribution >= 0.6 is 11.6 Å². The minimum atomic E-state index is -0.498. The Labute approximate surface area is 111 Å². The number of rotatable bonds is 2. The molecule has 2 aromatic rings. The van der Waals surface area contributed by atoms with E-state index in [2.05, 4.69) is 6.07 Å². The zero-order valence-corrected chi connectivity index (χ0v) is 11.1. The summed E-state index contributed by atoms with van der Waals surface area (Å²) in [5.74, 6) is -0.328. The minimum Gasteiger partial charge on any atom is -0.320 e. The van der Waals surface area contributed by atoms with Gasteiger partial charge in [0.2, 0.25) is 0 Å². The number of benzene rings is 2. The van der Waals surface area contributed by atoms with Gasteiger partial charge in [0.05, 0.1) is 6.04 Å². The van der Waals surface area contributed by atoms with Crippen LogP contribution in [0, 0.1) is 19.7 Å². The molecule has 18 heavy (non-hydrogen) atoms. The largest absolute Gasteiger partial charge is 0.320 e. The third kappa shape index (κ3) is 2.71. The van der Waals surface area contributed by atoms with Crippen LogP contribution in [0.5, 0.6) is 0 Å². The molecule has 0 radical (unpaired) electrons. The van der Waals surface area contributed by atoms with Gasteiger partial charge in [-0.3, -0.25) is 0 Å². The third-order valence-electron chi connectivity index (χ3n) is 2.90. The van der Waals surface area contributed by atoms with E-state index in [1.807, 2.05) is 26.0 Å². The Morgan fingerprint density at radius 1 is 1.06 bits per heavy atom. The Hall–Kier alpha value is -1.38. The molecule has 1 atom stereocenters. The van der Waals surface area contributed by atoms with Crippen molar-refractivity contribution in [1.29, 1.82) is 0 Å². The normalized spacial score (nSPS) is 12.5. The predicted molar refractivity (Wildman–Crippen MR) is 73.4 cm³/mol. The first-order valence-electron chi connectivity index (χ1n) is 5.76. The van der Waals surface area contributed by atoms with E-state index in [0.717, 1.165) is 16.7 Å². The molecule has 0 heterocycles. The molecule has 1 unspecified atom stereocenters. The Balaban J connectivity index is 2.47. The van der Waals surface area contributed by atoms with Gasteiger partial charge in [-0.05, 0) is 37.6 Å². The summed E-state index contributed by atoms with van der Waals surface area (Å²) < 4.78 is 13.8. The summed E-state index contributed by atoms with van der Waals surface area (Å²) in [6.07, 6.45) is 0. The van der Waals surface area contributed by atoms with Gasteiger partial charge in [-0.15, -0.1) is 0 Å². The topological polar surface area (TPSA) is 26.0 Å². The van der Waals surface area contributed by atoms with Crippen LogP contribution in [0.4, 0.5) is 4.39 Å². The fourth-order valence-electron chi connectivity index (χ4n) is 2.12. The smallest absolute Gasteiger partial charge is 0.128 e. The van der Waals surface area contributed by atoms with Crippen molar-refractivity contribution in [3.63, 3.8) is 0 Å². The molecule has 1 nitrogen and oxygen atoms in total. The SMILES string of the molecule is Cc1cc(C)cc(C(N)c2cc(Cl)ccc2F)c1. The van der Waals surface area contributed by atoms with Gasteiger partial charge < -0.3 is 5.73 Å². The highest BCUT2D eigenvalue weighted by Crippen LogP contribution is 2.26. The van der Waals surface area contributed by atoms with Gasteiger partial charge >= 0.3 is 0 Å². The molecule has 0 aliphatic carbocycles. The highest BCUT2D eigenvalue weighted by Gasteiger charge is 2.14. The lowest BCUT2D eigenvalue weighted by atomic mass is 9.96. The lowest BCUT2D eigenvalue weighted by Gasteiger charge is -2.15. The molecule has 2 aromatic carbocycles. The maximum absolute atomic E-state index is 13.8. The molecule has 0 saturated heterocycles. The Bertz CT molecular complexity index is 560. The lowest BCUT2D eigenvalue weighted by molar-refractivity contribution is 0.599. The van der Waals surface area contributed by atoms with Gasteiger partial charge in [0.25, 0.3) is 0 Å². The Morgan fingerprint density at radius 2 is 1.67 bits per heavy atom. The number of aryl methyl sites for hydroxylation is 2. The zero-order valence-electron chi connectivity index (χ0n) is 10.4. The van der Waals surface area contributed by atoms with Crippen LogP contribution in [0.2, 0.25) is 5.02 Å². The quantitative estimate of drug-likeness (QED) is 0.866. The number of hydrogen-bond acceptors (Lipinski definition) is 1. The van der Waals surface area contributed by atoms with Crippen LogP contribution in [0.25, 0.3) is 0 Å². The molecule has 94 valence electrons. The lowest BCUT2D eigenvalue weighted by Crippen LogP contribution is -2.14. The molecule has 0 saturated carbocycles. The number of hydrogen-bond donors (Lipinski definition) is 1. The standard InChI is InChI=1S/C15H15ClFN/c1-9-5-10(2)7-11(6-9)15(18)13-8-12(16)3-4-14(13)17/h3-8,15H,18H2,1-2H3. The van der Waals surface area contributed by atoms with Crippen molar-refractivity contribution in [2.75, 3.05) is 0 Å². The van der Waals surface area contributed by atoms with Gasteiger partial charge in [0, 0.05) is 10.6 Å². The van der Waals surface area contributed by atoms with Gasteiger partial charge in [-0.25, -0.2) is 4.39 Å². The van der Waals surface area contributed by atoms with Gasteiger partial charge in [-0.2, -0.15) is 0 Å². The van der Waals surface area contributed by atoms with Crippen molar-refractivity contribution >= 4 is 11.6 Å². The fourth-order valence-corrected chi connectivity index (χ4v) is 2.30. The van der Waals surface area contributed by atoms with Crippen molar-refractivity contribution < 1.29 is 4.39 Å². The predicted octanol–water partition coefficient (Wildman–Crippen LogP) is 4.14. The molecule has 0 aliphatic heterocycles. The first-order chi connectivity index (χ1) is 8.47. The zero-order chi connectivity index (χ0) is 13.3. The molecule has 0 amide bonds. The first-order valence-corrected chi connectivity index (χ1v) is 6.14. The van der Waals surface area contributed by atoms with Crippen LogP contribution in [0.3, 0.4) is 0 Å². The van der Waals surface area contributed by atoms with Gasteiger partial charge in [0.15, 0.2) is 0 Å². The van der Waals surface area contributed by atoms with Crippen LogP contribution in [0.1, 0.15) is 28.3 Å². The highest BCUT2D eigenvalue weighted by molar-refractivity contribution is 6.30. The fraction of sp³-hybridized carbons (Fsp3) is 0.200. The molecule has 0 aliphatic rings. The van der Waals surface area contributed by atoms with E-state index in [9.17, 15) is 4.39 Å². The molecule has 2 N–H and O–H groups in total. The second-order valence-corrected chi connectivity index (χ2v) is 5.00. The van der Waals surface area contributed by atoms with Crippen molar-refractivity contribution in [3.05, 3.63) is 69.5 Å². The van der Waals surface area contributed by atoms with Crippen LogP contribution in [-0.4, -0.2) is 0 Å². The highest BCUT2D eigenvalue weighted by atomic mass is 35.5. The molecular formula is C15H15ClFN. The summed E-state index contributed by atoms with van der Waals surface area (Å²) in [5.41, 5.74) is 9.67. The molecule has 0 aromatic heterocycles. The van der Waals surface area contributed by atoms with E-state index in [-0.39, 0.29) is 5.82 Å². The second-order valence-electron chi connectivity index (χ2n) is 4.56. The molecule has 0 spiro atoms. The van der Waals surface area contributed by atoms with Crippen molar-refractivity contribution in [3.8, 4) is 0 Å². The monoisotopic (exact) mass is 263 g/mol. The molecular weight excluding hydrogens is 249 g/mol. The van der Waals surface area contributed by atoms with Crippen molar-refractivity contribution in [2.24, 2.45) is 5.73 Å². The average Bonchev–Trinajstić information content (AvgIpc) is 2.30. The van der Waals surface area contributed by atoms with Crippen LogP contribution in [0.15, 0.2) is 36.4 Å². The van der Waals surface area contributed by atoms with E-state index < -0.39 is 6.04 Å². The third-order valence-corrected chi connectivity index (χ3v) is 3.13. The van der Waals surface area contributed by atoms with Crippen LogP contribution in [-0.2, 0) is 0 Å². The van der Waals surface area contributed by atoms with Gasteiger partial charge in [-0.1, -0.05) is 40.9 Å². The van der Waals surface area contributed by atoms with E-state index in [1.165, 1.54) is 12.1 Å². The summed E-state index contributed by atoms with van der Waals surface area (Å²) >= 11 is 5.89. The average molecular weight is 264 g/mol. The summed E-state index contributed by atoms with van der Waals surface area (Å²) in [7, 11) is 0. The Morgan fingerprint density at radius 3 is 2.28 bits per heavy atom. The molecule has 0 bridgehead atoms. The molecule has 2 rings (SSSR count). The molecule has 3 heteroatoms. The van der Waals surface area contributed by atoms with Crippen LogP contribution < -0.4 is 5.73 Å². The van der Waals surface area contributed by atoms with Crippen molar-refractivity contribution in [2.45, 2.75) is 19.9 Å². The minimum absolute atomic E-state index is 0.328. The van der Waals surface area contributed by atoms with Gasteiger partial charge in [0.1, 0.15) is 5.82 Å². The number of halogens is 2. The maximum atomic E-state index is 13.8. The van der Waals surface area contributed by atoms with E-state index in [0.29, 0.717) is 10.6 Å². The Kier molecular flexibility index (Phi) is 3.69. The summed E-state index contributed by atoms with van der Waals surface area (Å²) in [6, 6.07) is 9.96.